The van der Waals surface area contributed by atoms with Crippen molar-refractivity contribution in [2.45, 2.75) is 32.8 Å². The molecular formula is C18H27N3O2S. The Labute approximate surface area is 149 Å². The Kier molecular flexibility index (Phi) is 10.2. The van der Waals surface area contributed by atoms with Gasteiger partial charge in [-0.3, -0.25) is 4.72 Å². The molecule has 24 heavy (non-hydrogen) atoms. The topological polar surface area (TPSA) is 79.5 Å². The van der Waals surface area contributed by atoms with Crippen LogP contribution in [0.3, 0.4) is 0 Å². The normalized spacial score (nSPS) is 12.7. The Morgan fingerprint density at radius 2 is 1.92 bits per heavy atom. The molecule has 1 aromatic carbocycles. The third-order valence-electron chi connectivity index (χ3n) is 3.37. The Morgan fingerprint density at radius 1 is 1.29 bits per heavy atom. The third-order valence-corrected chi connectivity index (χ3v) is 4.11. The predicted octanol–water partition coefficient (Wildman–Crippen LogP) is 2.77. The van der Waals surface area contributed by atoms with Crippen LogP contribution in [0.4, 0.5) is 5.69 Å². The third kappa shape index (κ3) is 7.37. The maximum atomic E-state index is 9.27. The Morgan fingerprint density at radius 3 is 2.42 bits per heavy atom. The molecular weight excluding hydrogens is 322 g/mol. The number of nitrogens with zero attached hydrogens (tertiary/aromatic N) is 2. The minimum atomic E-state index is -0.820. The van der Waals surface area contributed by atoms with E-state index >= 15 is 0 Å². The molecule has 132 valence electrons. The summed E-state index contributed by atoms with van der Waals surface area (Å²) in [7, 11) is 0. The van der Waals surface area contributed by atoms with E-state index in [1.165, 1.54) is 5.69 Å². The van der Waals surface area contributed by atoms with Crippen LogP contribution in [-0.4, -0.2) is 42.6 Å². The summed E-state index contributed by atoms with van der Waals surface area (Å²) in [5, 5.41) is 27.2. The van der Waals surface area contributed by atoms with E-state index in [2.05, 4.69) is 41.7 Å². The smallest absolute Gasteiger partial charge is 0.107 e. The minimum Gasteiger partial charge on any atom is -0.394 e. The molecule has 5 nitrogen and oxygen atoms in total. The van der Waals surface area contributed by atoms with Gasteiger partial charge in [0.15, 0.2) is 0 Å². The van der Waals surface area contributed by atoms with Crippen molar-refractivity contribution in [3.8, 4) is 6.07 Å². The standard InChI is InChI=1S/C18H27N3O2S/c1-3-9-21(10-4-2)16-7-5-15(6-8-16)11-18(12-19)24-20-13-17(23)14-22/h5-8,11,17,20,22-23H,3-4,9-10,13-14H2,1-2H3/b18-11+. The first-order valence-corrected chi connectivity index (χ1v) is 9.11. The van der Waals surface area contributed by atoms with E-state index < -0.39 is 6.10 Å². The monoisotopic (exact) mass is 349 g/mol. The van der Waals surface area contributed by atoms with Gasteiger partial charge in [-0.15, -0.1) is 0 Å². The van der Waals surface area contributed by atoms with Crippen molar-refractivity contribution in [1.29, 1.82) is 5.26 Å². The van der Waals surface area contributed by atoms with E-state index in [-0.39, 0.29) is 13.2 Å². The summed E-state index contributed by atoms with van der Waals surface area (Å²) in [4.78, 5) is 2.87. The van der Waals surface area contributed by atoms with Crippen LogP contribution < -0.4 is 9.62 Å². The molecule has 0 aliphatic rings. The summed E-state index contributed by atoms with van der Waals surface area (Å²) in [5.41, 5.74) is 2.16. The first kappa shape index (κ1) is 20.5. The fourth-order valence-corrected chi connectivity index (χ4v) is 2.88. The fourth-order valence-electron chi connectivity index (χ4n) is 2.21. The van der Waals surface area contributed by atoms with Gasteiger partial charge in [0.1, 0.15) is 11.0 Å². The molecule has 0 saturated heterocycles. The summed E-state index contributed by atoms with van der Waals surface area (Å²) in [6, 6.07) is 10.3. The first-order chi connectivity index (χ1) is 11.6. The predicted molar refractivity (Wildman–Crippen MR) is 102 cm³/mol. The second-order valence-corrected chi connectivity index (χ2v) is 6.42. The van der Waals surface area contributed by atoms with E-state index in [0.29, 0.717) is 4.91 Å². The maximum absolute atomic E-state index is 9.27. The van der Waals surface area contributed by atoms with Gasteiger partial charge in [-0.25, -0.2) is 0 Å². The number of aliphatic hydroxyl groups is 2. The highest BCUT2D eigenvalue weighted by Gasteiger charge is 2.05. The molecule has 0 amide bonds. The zero-order valence-corrected chi connectivity index (χ0v) is 15.2. The number of hydrogen-bond acceptors (Lipinski definition) is 6. The van der Waals surface area contributed by atoms with E-state index in [0.717, 1.165) is 43.4 Å². The lowest BCUT2D eigenvalue weighted by molar-refractivity contribution is 0.0994. The van der Waals surface area contributed by atoms with Gasteiger partial charge in [-0.05, 0) is 48.6 Å². The molecule has 0 heterocycles. The summed E-state index contributed by atoms with van der Waals surface area (Å²) < 4.78 is 2.88. The van der Waals surface area contributed by atoms with Gasteiger partial charge in [0.2, 0.25) is 0 Å². The quantitative estimate of drug-likeness (QED) is 0.421. The second kappa shape index (κ2) is 11.9. The summed E-state index contributed by atoms with van der Waals surface area (Å²) in [6.07, 6.45) is 3.21. The average molecular weight is 350 g/mol. The van der Waals surface area contributed by atoms with Crippen molar-refractivity contribution in [3.05, 3.63) is 34.7 Å². The van der Waals surface area contributed by atoms with Crippen molar-refractivity contribution in [2.75, 3.05) is 31.1 Å². The van der Waals surface area contributed by atoms with Crippen molar-refractivity contribution in [2.24, 2.45) is 0 Å². The number of benzene rings is 1. The summed E-state index contributed by atoms with van der Waals surface area (Å²) in [5.74, 6) is 0. The fraction of sp³-hybridized carbons (Fsp3) is 0.500. The van der Waals surface area contributed by atoms with E-state index in [9.17, 15) is 10.4 Å². The molecule has 0 spiro atoms. The molecule has 0 radical (unpaired) electrons. The number of nitriles is 1. The minimum absolute atomic E-state index is 0.224. The van der Waals surface area contributed by atoms with Gasteiger partial charge in [-0.2, -0.15) is 5.26 Å². The van der Waals surface area contributed by atoms with Gasteiger partial charge < -0.3 is 15.1 Å². The van der Waals surface area contributed by atoms with Gasteiger partial charge >= 0.3 is 0 Å². The van der Waals surface area contributed by atoms with Crippen molar-refractivity contribution in [1.82, 2.24) is 4.72 Å². The average Bonchev–Trinajstić information content (AvgIpc) is 2.61. The molecule has 0 aliphatic heterocycles. The second-order valence-electron chi connectivity index (χ2n) is 5.49. The van der Waals surface area contributed by atoms with E-state index in [4.69, 9.17) is 5.11 Å². The Bertz CT molecular complexity index is 534. The molecule has 0 saturated carbocycles. The van der Waals surface area contributed by atoms with Gasteiger partial charge in [0, 0.05) is 25.3 Å². The zero-order chi connectivity index (χ0) is 17.8. The summed E-state index contributed by atoms with van der Waals surface area (Å²) in [6.45, 7) is 6.36. The van der Waals surface area contributed by atoms with Crippen molar-refractivity contribution in [3.63, 3.8) is 0 Å². The lowest BCUT2D eigenvalue weighted by Gasteiger charge is -2.23. The molecule has 6 heteroatoms. The van der Waals surface area contributed by atoms with Crippen LogP contribution >= 0.6 is 11.9 Å². The van der Waals surface area contributed by atoms with Crippen LogP contribution in [0, 0.1) is 11.3 Å². The molecule has 0 bridgehead atoms. The molecule has 1 unspecified atom stereocenters. The van der Waals surface area contributed by atoms with Crippen LogP contribution in [0.25, 0.3) is 6.08 Å². The van der Waals surface area contributed by atoms with E-state index in [1.54, 1.807) is 6.08 Å². The maximum Gasteiger partial charge on any atom is 0.107 e. The van der Waals surface area contributed by atoms with Crippen LogP contribution in [-0.2, 0) is 0 Å². The number of allylic oxidation sites excluding steroid dienone is 1. The Hall–Kier alpha value is -1.52. The molecule has 3 N–H and O–H groups in total. The largest absolute Gasteiger partial charge is 0.394 e. The molecule has 1 atom stereocenters. The van der Waals surface area contributed by atoms with Gasteiger partial charge in [0.05, 0.1) is 12.7 Å². The molecule has 1 aromatic rings. The van der Waals surface area contributed by atoms with Crippen LogP contribution in [0.2, 0.25) is 0 Å². The van der Waals surface area contributed by atoms with E-state index in [1.807, 2.05) is 12.1 Å². The van der Waals surface area contributed by atoms with Gasteiger partial charge in [0.25, 0.3) is 0 Å². The lowest BCUT2D eigenvalue weighted by atomic mass is 10.1. The van der Waals surface area contributed by atoms with Crippen molar-refractivity contribution >= 4 is 23.7 Å². The van der Waals surface area contributed by atoms with Crippen LogP contribution in [0.1, 0.15) is 32.3 Å². The van der Waals surface area contributed by atoms with Crippen LogP contribution in [0.5, 0.6) is 0 Å². The Balaban J connectivity index is 2.70. The van der Waals surface area contributed by atoms with Crippen molar-refractivity contribution < 1.29 is 10.2 Å². The highest BCUT2D eigenvalue weighted by Crippen LogP contribution is 2.20. The zero-order valence-electron chi connectivity index (χ0n) is 14.4. The number of anilines is 1. The SMILES string of the molecule is CCCN(CCC)c1ccc(/C=C(\C#N)SNCC(O)CO)cc1. The number of nitrogens with one attached hydrogen (secondary N) is 1. The first-order valence-electron chi connectivity index (χ1n) is 8.30. The lowest BCUT2D eigenvalue weighted by Crippen LogP contribution is -2.25. The van der Waals surface area contributed by atoms with Crippen LogP contribution in [0.15, 0.2) is 29.2 Å². The number of rotatable bonds is 11. The summed E-state index contributed by atoms with van der Waals surface area (Å²) >= 11 is 1.16. The molecule has 0 aliphatic carbocycles. The van der Waals surface area contributed by atoms with Gasteiger partial charge in [-0.1, -0.05) is 26.0 Å². The highest BCUT2D eigenvalue weighted by atomic mass is 32.2. The number of hydrogen-bond donors (Lipinski definition) is 3. The highest BCUT2D eigenvalue weighted by molar-refractivity contribution is 8.01. The number of aliphatic hydroxyl groups excluding tert-OH is 2. The molecule has 0 fully saturated rings. The molecule has 0 aromatic heterocycles. The molecule has 1 rings (SSSR count).